The molecule has 0 saturated carbocycles. The van der Waals surface area contributed by atoms with Gasteiger partial charge in [0.2, 0.25) is 5.91 Å². The molecule has 0 bridgehead atoms. The molecule has 4 nitrogen and oxygen atoms in total. The lowest BCUT2D eigenvalue weighted by Crippen LogP contribution is -2.49. The van der Waals surface area contributed by atoms with Gasteiger partial charge in [-0.25, -0.2) is 0 Å². The number of hydrogen-bond acceptors (Lipinski definition) is 3. The summed E-state index contributed by atoms with van der Waals surface area (Å²) in [6.45, 7) is 11.0. The summed E-state index contributed by atoms with van der Waals surface area (Å²) in [6.07, 6.45) is 0.591. The fourth-order valence-corrected chi connectivity index (χ4v) is 3.95. The van der Waals surface area contributed by atoms with Crippen LogP contribution in [-0.4, -0.2) is 48.4 Å². The van der Waals surface area contributed by atoms with Crippen molar-refractivity contribution in [1.29, 1.82) is 0 Å². The van der Waals surface area contributed by atoms with E-state index < -0.39 is 0 Å². The van der Waals surface area contributed by atoms with E-state index in [9.17, 15) is 4.79 Å². The standard InChI is InChI=1S/C25H33ClN2O2/c1-19(2)15-25(29)28-13-11-27(12-14-28)17-24(22-7-9-23(26)10-8-22)30-18-21-6-4-5-20(3)16-21/h4-10,16,19,24H,11-15,17-18H2,1-3H3/t24-/m1/s1. The maximum atomic E-state index is 12.3. The molecule has 2 aromatic carbocycles. The lowest BCUT2D eigenvalue weighted by Gasteiger charge is -2.36. The Bertz CT molecular complexity index is 814. The van der Waals surface area contributed by atoms with E-state index in [1.54, 1.807) is 0 Å². The van der Waals surface area contributed by atoms with Crippen molar-refractivity contribution in [2.75, 3.05) is 32.7 Å². The summed E-state index contributed by atoms with van der Waals surface area (Å²) in [5.74, 6) is 0.675. The average Bonchev–Trinajstić information content (AvgIpc) is 2.72. The molecule has 1 fully saturated rings. The third-order valence-corrected chi connectivity index (χ3v) is 5.76. The molecule has 0 aromatic heterocycles. The molecule has 30 heavy (non-hydrogen) atoms. The molecule has 1 saturated heterocycles. The second-order valence-electron chi connectivity index (χ2n) is 8.62. The van der Waals surface area contributed by atoms with Gasteiger partial charge in [0.25, 0.3) is 0 Å². The molecular formula is C25H33ClN2O2. The van der Waals surface area contributed by atoms with Crippen molar-refractivity contribution < 1.29 is 9.53 Å². The van der Waals surface area contributed by atoms with E-state index in [2.05, 4.69) is 49.9 Å². The zero-order chi connectivity index (χ0) is 21.5. The van der Waals surface area contributed by atoms with E-state index in [-0.39, 0.29) is 12.0 Å². The van der Waals surface area contributed by atoms with Crippen molar-refractivity contribution in [3.63, 3.8) is 0 Å². The Kier molecular flexibility index (Phi) is 8.32. The van der Waals surface area contributed by atoms with Crippen LogP contribution in [0.15, 0.2) is 48.5 Å². The first-order valence-corrected chi connectivity index (χ1v) is 11.2. The number of piperazine rings is 1. The third kappa shape index (κ3) is 6.83. The van der Waals surface area contributed by atoms with E-state index in [0.717, 1.165) is 43.3 Å². The number of nitrogens with zero attached hydrogens (tertiary/aromatic N) is 2. The molecule has 0 spiro atoms. The van der Waals surface area contributed by atoms with Gasteiger partial charge in [0, 0.05) is 44.2 Å². The maximum Gasteiger partial charge on any atom is 0.222 e. The van der Waals surface area contributed by atoms with Gasteiger partial charge in [0.05, 0.1) is 12.7 Å². The van der Waals surface area contributed by atoms with Crippen LogP contribution >= 0.6 is 11.6 Å². The number of hydrogen-bond donors (Lipinski definition) is 0. The van der Waals surface area contributed by atoms with Gasteiger partial charge in [-0.05, 0) is 36.1 Å². The Morgan fingerprint density at radius 2 is 1.77 bits per heavy atom. The maximum absolute atomic E-state index is 12.3. The van der Waals surface area contributed by atoms with Crippen molar-refractivity contribution in [3.05, 3.63) is 70.2 Å². The number of benzene rings is 2. The monoisotopic (exact) mass is 428 g/mol. The molecule has 162 valence electrons. The van der Waals surface area contributed by atoms with Crippen LogP contribution in [0.4, 0.5) is 0 Å². The van der Waals surface area contributed by atoms with Crippen molar-refractivity contribution in [2.45, 2.75) is 39.9 Å². The van der Waals surface area contributed by atoms with Gasteiger partial charge in [-0.3, -0.25) is 9.69 Å². The number of halogens is 1. The largest absolute Gasteiger partial charge is 0.368 e. The SMILES string of the molecule is Cc1cccc(CO[C@H](CN2CCN(C(=O)CC(C)C)CC2)c2ccc(Cl)cc2)c1. The predicted octanol–water partition coefficient (Wildman–Crippen LogP) is 5.10. The van der Waals surface area contributed by atoms with Crippen LogP contribution in [0.3, 0.4) is 0 Å². The number of ether oxygens (including phenoxy) is 1. The molecule has 1 aliphatic rings. The highest BCUT2D eigenvalue weighted by molar-refractivity contribution is 6.30. The second-order valence-corrected chi connectivity index (χ2v) is 9.06. The first-order valence-electron chi connectivity index (χ1n) is 10.8. The highest BCUT2D eigenvalue weighted by Crippen LogP contribution is 2.23. The Hall–Kier alpha value is -1.88. The second kappa shape index (κ2) is 10.9. The van der Waals surface area contributed by atoms with E-state index in [1.807, 2.05) is 29.2 Å². The first kappa shape index (κ1) is 22.8. The summed E-state index contributed by atoms with van der Waals surface area (Å²) < 4.78 is 6.37. The van der Waals surface area contributed by atoms with Gasteiger partial charge in [-0.2, -0.15) is 0 Å². The number of rotatable bonds is 8. The van der Waals surface area contributed by atoms with E-state index >= 15 is 0 Å². The van der Waals surface area contributed by atoms with Crippen LogP contribution in [0.25, 0.3) is 0 Å². The topological polar surface area (TPSA) is 32.8 Å². The summed E-state index contributed by atoms with van der Waals surface area (Å²) in [6, 6.07) is 16.4. The number of aryl methyl sites for hydroxylation is 1. The zero-order valence-electron chi connectivity index (χ0n) is 18.3. The molecule has 2 aromatic rings. The Morgan fingerprint density at radius 1 is 1.07 bits per heavy atom. The van der Waals surface area contributed by atoms with Crippen LogP contribution in [0.1, 0.15) is 43.1 Å². The lowest BCUT2D eigenvalue weighted by atomic mass is 10.1. The molecular weight excluding hydrogens is 396 g/mol. The van der Waals surface area contributed by atoms with E-state index in [1.165, 1.54) is 11.1 Å². The third-order valence-electron chi connectivity index (χ3n) is 5.51. The fourth-order valence-electron chi connectivity index (χ4n) is 3.82. The van der Waals surface area contributed by atoms with Crippen molar-refractivity contribution in [2.24, 2.45) is 5.92 Å². The summed E-state index contributed by atoms with van der Waals surface area (Å²) >= 11 is 6.09. The summed E-state index contributed by atoms with van der Waals surface area (Å²) in [7, 11) is 0. The highest BCUT2D eigenvalue weighted by Gasteiger charge is 2.24. The average molecular weight is 429 g/mol. The Labute approximate surface area is 185 Å². The quantitative estimate of drug-likeness (QED) is 0.586. The van der Waals surface area contributed by atoms with E-state index in [4.69, 9.17) is 16.3 Å². The molecule has 0 aliphatic carbocycles. The van der Waals surface area contributed by atoms with Crippen molar-refractivity contribution in [3.8, 4) is 0 Å². The summed E-state index contributed by atoms with van der Waals surface area (Å²) in [4.78, 5) is 16.7. The van der Waals surface area contributed by atoms with E-state index in [0.29, 0.717) is 18.9 Å². The Balaban J connectivity index is 1.61. The van der Waals surface area contributed by atoms with Gasteiger partial charge in [-0.1, -0.05) is 67.4 Å². The van der Waals surface area contributed by atoms with Crippen molar-refractivity contribution >= 4 is 17.5 Å². The minimum Gasteiger partial charge on any atom is -0.368 e. The predicted molar refractivity (Wildman–Crippen MR) is 123 cm³/mol. The molecule has 5 heteroatoms. The normalized spacial score (nSPS) is 16.1. The van der Waals surface area contributed by atoms with Gasteiger partial charge in [0.15, 0.2) is 0 Å². The molecule has 1 heterocycles. The smallest absolute Gasteiger partial charge is 0.222 e. The molecule has 1 atom stereocenters. The fraction of sp³-hybridized carbons (Fsp3) is 0.480. The van der Waals surface area contributed by atoms with Crippen LogP contribution in [0, 0.1) is 12.8 Å². The lowest BCUT2D eigenvalue weighted by molar-refractivity contribution is -0.134. The Morgan fingerprint density at radius 3 is 2.40 bits per heavy atom. The molecule has 0 radical (unpaired) electrons. The van der Waals surface area contributed by atoms with Gasteiger partial charge in [0.1, 0.15) is 0 Å². The minimum absolute atomic E-state index is 0.0410. The van der Waals surface area contributed by atoms with Gasteiger partial charge in [-0.15, -0.1) is 0 Å². The number of carbonyl (C=O) groups is 1. The summed E-state index contributed by atoms with van der Waals surface area (Å²) in [5.41, 5.74) is 3.55. The summed E-state index contributed by atoms with van der Waals surface area (Å²) in [5, 5.41) is 0.730. The van der Waals surface area contributed by atoms with Gasteiger partial charge < -0.3 is 9.64 Å². The van der Waals surface area contributed by atoms with Crippen LogP contribution in [-0.2, 0) is 16.1 Å². The van der Waals surface area contributed by atoms with Gasteiger partial charge >= 0.3 is 0 Å². The number of amides is 1. The molecule has 0 N–H and O–H groups in total. The zero-order valence-corrected chi connectivity index (χ0v) is 19.1. The number of carbonyl (C=O) groups excluding carboxylic acids is 1. The first-order chi connectivity index (χ1) is 14.4. The molecule has 1 amide bonds. The molecule has 0 unspecified atom stereocenters. The highest BCUT2D eigenvalue weighted by atomic mass is 35.5. The molecule has 3 rings (SSSR count). The van der Waals surface area contributed by atoms with Crippen LogP contribution in [0.2, 0.25) is 5.02 Å². The van der Waals surface area contributed by atoms with Crippen LogP contribution < -0.4 is 0 Å². The van der Waals surface area contributed by atoms with Crippen molar-refractivity contribution in [1.82, 2.24) is 9.80 Å². The molecule has 1 aliphatic heterocycles. The van der Waals surface area contributed by atoms with Crippen LogP contribution in [0.5, 0.6) is 0 Å². The minimum atomic E-state index is -0.0410.